The van der Waals surface area contributed by atoms with Crippen LogP contribution in [-0.2, 0) is 10.6 Å². The van der Waals surface area contributed by atoms with Gasteiger partial charge in [0.25, 0.3) is 0 Å². The summed E-state index contributed by atoms with van der Waals surface area (Å²) in [6, 6.07) is 9.09. The number of anilines is 1. The highest BCUT2D eigenvalue weighted by Gasteiger charge is 2.18. The van der Waals surface area contributed by atoms with Crippen LogP contribution in [0.4, 0.5) is 5.69 Å². The third kappa shape index (κ3) is 2.69. The number of alkyl halides is 1. The molecule has 1 heterocycles. The van der Waals surface area contributed by atoms with E-state index in [9.17, 15) is 0 Å². The summed E-state index contributed by atoms with van der Waals surface area (Å²) < 4.78 is 5.38. The molecular formula is C13H18ClNO. The molecule has 16 heavy (non-hydrogen) atoms. The molecule has 3 heteroatoms. The molecule has 0 aliphatic carbocycles. The first-order valence-electron chi connectivity index (χ1n) is 5.77. The molecule has 0 spiro atoms. The maximum Gasteiger partial charge on any atom is 0.0485 e. The van der Waals surface area contributed by atoms with Crippen LogP contribution in [-0.4, -0.2) is 26.3 Å². The van der Waals surface area contributed by atoms with Crippen LogP contribution in [0.15, 0.2) is 24.3 Å². The van der Waals surface area contributed by atoms with Crippen molar-refractivity contribution in [1.29, 1.82) is 0 Å². The minimum atomic E-state index is 0.585. The van der Waals surface area contributed by atoms with Crippen molar-refractivity contribution in [3.8, 4) is 0 Å². The molecule has 0 atom stereocenters. The Bertz CT molecular complexity index is 319. The normalized spacial score (nSPS) is 17.4. The summed E-state index contributed by atoms with van der Waals surface area (Å²) in [6.45, 7) is 1.77. The first-order valence-corrected chi connectivity index (χ1v) is 6.30. The van der Waals surface area contributed by atoms with Crippen molar-refractivity contribution < 1.29 is 4.74 Å². The summed E-state index contributed by atoms with van der Waals surface area (Å²) in [5, 5.41) is 0. The van der Waals surface area contributed by atoms with Crippen LogP contribution in [0.1, 0.15) is 18.4 Å². The van der Waals surface area contributed by atoms with Gasteiger partial charge in [0.15, 0.2) is 0 Å². The number of rotatable bonds is 3. The van der Waals surface area contributed by atoms with Crippen LogP contribution in [0, 0.1) is 0 Å². The molecule has 1 saturated heterocycles. The summed E-state index contributed by atoms with van der Waals surface area (Å²) in [6.07, 6.45) is 2.24. The molecule has 0 aromatic heterocycles. The van der Waals surface area contributed by atoms with Crippen molar-refractivity contribution in [2.24, 2.45) is 0 Å². The van der Waals surface area contributed by atoms with Gasteiger partial charge in [-0.15, -0.1) is 11.6 Å². The van der Waals surface area contributed by atoms with Crippen LogP contribution < -0.4 is 4.90 Å². The summed E-state index contributed by atoms with van der Waals surface area (Å²) in [5.41, 5.74) is 2.44. The molecular weight excluding hydrogens is 222 g/mol. The van der Waals surface area contributed by atoms with Gasteiger partial charge in [-0.1, -0.05) is 12.1 Å². The Labute approximate surface area is 102 Å². The Balaban J connectivity index is 2.04. The lowest BCUT2D eigenvalue weighted by atomic mass is 10.1. The zero-order chi connectivity index (χ0) is 11.4. The maximum absolute atomic E-state index is 5.78. The second-order valence-corrected chi connectivity index (χ2v) is 4.52. The van der Waals surface area contributed by atoms with Crippen molar-refractivity contribution in [1.82, 2.24) is 0 Å². The van der Waals surface area contributed by atoms with Gasteiger partial charge in [0.05, 0.1) is 0 Å². The third-order valence-corrected chi connectivity index (χ3v) is 3.55. The molecule has 88 valence electrons. The second-order valence-electron chi connectivity index (χ2n) is 4.25. The smallest absolute Gasteiger partial charge is 0.0485 e. The van der Waals surface area contributed by atoms with E-state index in [1.807, 2.05) is 0 Å². The van der Waals surface area contributed by atoms with Gasteiger partial charge < -0.3 is 9.64 Å². The van der Waals surface area contributed by atoms with Crippen LogP contribution in [0.25, 0.3) is 0 Å². The molecule has 1 aromatic carbocycles. The number of benzene rings is 1. The molecule has 0 radical (unpaired) electrons. The average molecular weight is 240 g/mol. The van der Waals surface area contributed by atoms with Crippen molar-refractivity contribution in [2.45, 2.75) is 24.8 Å². The van der Waals surface area contributed by atoms with E-state index in [0.717, 1.165) is 26.1 Å². The van der Waals surface area contributed by atoms with Gasteiger partial charge in [-0.25, -0.2) is 0 Å². The van der Waals surface area contributed by atoms with E-state index in [0.29, 0.717) is 11.9 Å². The van der Waals surface area contributed by atoms with E-state index in [4.69, 9.17) is 16.3 Å². The molecule has 0 amide bonds. The Hall–Kier alpha value is -0.730. The van der Waals surface area contributed by atoms with Gasteiger partial charge in [0.1, 0.15) is 0 Å². The number of ether oxygens (including phenoxy) is 1. The summed E-state index contributed by atoms with van der Waals surface area (Å²) in [4.78, 5) is 2.35. The Morgan fingerprint density at radius 1 is 1.25 bits per heavy atom. The van der Waals surface area contributed by atoms with E-state index >= 15 is 0 Å². The molecule has 0 bridgehead atoms. The van der Waals surface area contributed by atoms with Gasteiger partial charge in [-0.05, 0) is 30.5 Å². The molecule has 0 N–H and O–H groups in total. The number of hydrogen-bond donors (Lipinski definition) is 0. The number of nitrogens with zero attached hydrogens (tertiary/aromatic N) is 1. The van der Waals surface area contributed by atoms with E-state index in [1.165, 1.54) is 11.3 Å². The second kappa shape index (κ2) is 5.55. The minimum Gasteiger partial charge on any atom is -0.381 e. The lowest BCUT2D eigenvalue weighted by Crippen LogP contribution is -2.36. The van der Waals surface area contributed by atoms with Crippen molar-refractivity contribution in [2.75, 3.05) is 25.2 Å². The van der Waals surface area contributed by atoms with Crippen molar-refractivity contribution in [3.63, 3.8) is 0 Å². The number of hydrogen-bond acceptors (Lipinski definition) is 2. The monoisotopic (exact) mass is 239 g/mol. The molecule has 2 nitrogen and oxygen atoms in total. The maximum atomic E-state index is 5.78. The Morgan fingerprint density at radius 2 is 1.88 bits per heavy atom. The topological polar surface area (TPSA) is 12.5 Å². The van der Waals surface area contributed by atoms with Crippen molar-refractivity contribution in [3.05, 3.63) is 29.8 Å². The fourth-order valence-corrected chi connectivity index (χ4v) is 2.28. The van der Waals surface area contributed by atoms with Gasteiger partial charge in [0, 0.05) is 37.9 Å². The van der Waals surface area contributed by atoms with E-state index in [1.54, 1.807) is 0 Å². The van der Waals surface area contributed by atoms with Gasteiger partial charge in [-0.3, -0.25) is 0 Å². The average Bonchev–Trinajstić information content (AvgIpc) is 2.39. The Kier molecular flexibility index (Phi) is 4.08. The predicted octanol–water partition coefficient (Wildman–Crippen LogP) is 3.04. The highest BCUT2D eigenvalue weighted by molar-refractivity contribution is 6.17. The molecule has 1 aromatic rings. The molecule has 1 aliphatic rings. The highest BCUT2D eigenvalue weighted by atomic mass is 35.5. The standard InChI is InChI=1S/C13H18ClNO/c1-15(13-6-8-16-9-7-13)12-4-2-11(10-14)3-5-12/h2-5,13H,6-10H2,1H3. The summed E-state index contributed by atoms with van der Waals surface area (Å²) in [5.74, 6) is 0.585. The van der Waals surface area contributed by atoms with Crippen LogP contribution >= 0.6 is 11.6 Å². The minimum absolute atomic E-state index is 0.585. The van der Waals surface area contributed by atoms with E-state index < -0.39 is 0 Å². The highest BCUT2D eigenvalue weighted by Crippen LogP contribution is 2.21. The molecule has 0 saturated carbocycles. The zero-order valence-electron chi connectivity index (χ0n) is 9.66. The lowest BCUT2D eigenvalue weighted by molar-refractivity contribution is 0.0855. The summed E-state index contributed by atoms with van der Waals surface area (Å²) in [7, 11) is 2.16. The number of halogens is 1. The molecule has 0 unspecified atom stereocenters. The van der Waals surface area contributed by atoms with E-state index in [-0.39, 0.29) is 0 Å². The van der Waals surface area contributed by atoms with Gasteiger partial charge in [-0.2, -0.15) is 0 Å². The largest absolute Gasteiger partial charge is 0.381 e. The van der Waals surface area contributed by atoms with Crippen LogP contribution in [0.2, 0.25) is 0 Å². The van der Waals surface area contributed by atoms with Crippen LogP contribution in [0.5, 0.6) is 0 Å². The quantitative estimate of drug-likeness (QED) is 0.752. The van der Waals surface area contributed by atoms with Crippen molar-refractivity contribution >= 4 is 17.3 Å². The lowest BCUT2D eigenvalue weighted by Gasteiger charge is -2.33. The third-order valence-electron chi connectivity index (χ3n) is 3.24. The zero-order valence-corrected chi connectivity index (χ0v) is 10.4. The Morgan fingerprint density at radius 3 is 2.44 bits per heavy atom. The summed E-state index contributed by atoms with van der Waals surface area (Å²) >= 11 is 5.78. The first-order chi connectivity index (χ1) is 7.81. The first kappa shape index (κ1) is 11.7. The van der Waals surface area contributed by atoms with E-state index in [2.05, 4.69) is 36.2 Å². The van der Waals surface area contributed by atoms with Gasteiger partial charge in [0.2, 0.25) is 0 Å². The fourth-order valence-electron chi connectivity index (χ4n) is 2.10. The molecule has 1 fully saturated rings. The molecule has 2 rings (SSSR count). The SMILES string of the molecule is CN(c1ccc(CCl)cc1)C1CCOCC1. The van der Waals surface area contributed by atoms with Crippen LogP contribution in [0.3, 0.4) is 0 Å². The predicted molar refractivity (Wildman–Crippen MR) is 68.2 cm³/mol. The molecule has 1 aliphatic heterocycles. The fraction of sp³-hybridized carbons (Fsp3) is 0.538. The van der Waals surface area contributed by atoms with Gasteiger partial charge >= 0.3 is 0 Å².